The molecule has 0 spiro atoms. The summed E-state index contributed by atoms with van der Waals surface area (Å²) in [5.74, 6) is 0.399. The monoisotopic (exact) mass is 360 g/mol. The minimum absolute atomic E-state index is 0.0286. The molecule has 1 saturated heterocycles. The molecule has 2 unspecified atom stereocenters. The van der Waals surface area contributed by atoms with Crippen molar-refractivity contribution in [1.82, 2.24) is 20.4 Å². The Morgan fingerprint density at radius 3 is 2.88 bits per heavy atom. The third-order valence-electron chi connectivity index (χ3n) is 4.99. The molecule has 134 valence electrons. The third kappa shape index (κ3) is 3.88. The Bertz CT molecular complexity index is 771. The smallest absolute Gasteiger partial charge is 0.255 e. The Morgan fingerprint density at radius 2 is 2.16 bits per heavy atom. The van der Waals surface area contributed by atoms with Crippen LogP contribution in [0.1, 0.15) is 40.7 Å². The second kappa shape index (κ2) is 7.58. The van der Waals surface area contributed by atoms with E-state index in [4.69, 9.17) is 11.6 Å². The van der Waals surface area contributed by atoms with E-state index in [0.717, 1.165) is 36.5 Å². The SMILES string of the molecule is Cc1nn(Cc2ccccc2Cl)c(C)c1C(=O)NC1CCNCC1C. The molecule has 2 atom stereocenters. The van der Waals surface area contributed by atoms with Gasteiger partial charge in [0.1, 0.15) is 0 Å². The number of nitrogens with one attached hydrogen (secondary N) is 2. The lowest BCUT2D eigenvalue weighted by molar-refractivity contribution is 0.0913. The minimum atomic E-state index is -0.0286. The number of hydrogen-bond donors (Lipinski definition) is 2. The van der Waals surface area contributed by atoms with Crippen LogP contribution in [-0.4, -0.2) is 34.8 Å². The van der Waals surface area contributed by atoms with Gasteiger partial charge in [-0.1, -0.05) is 36.7 Å². The van der Waals surface area contributed by atoms with Gasteiger partial charge in [-0.05, 0) is 50.9 Å². The molecule has 0 bridgehead atoms. The first-order chi connectivity index (χ1) is 12.0. The highest BCUT2D eigenvalue weighted by Gasteiger charge is 2.26. The van der Waals surface area contributed by atoms with Crippen LogP contribution >= 0.6 is 11.6 Å². The van der Waals surface area contributed by atoms with E-state index in [1.165, 1.54) is 0 Å². The normalized spacial score (nSPS) is 20.5. The number of nitrogens with zero attached hydrogens (tertiary/aromatic N) is 2. The van der Waals surface area contributed by atoms with Crippen LogP contribution in [0.4, 0.5) is 0 Å². The van der Waals surface area contributed by atoms with E-state index in [0.29, 0.717) is 23.0 Å². The molecule has 0 radical (unpaired) electrons. The second-order valence-electron chi connectivity index (χ2n) is 6.84. The number of hydrogen-bond acceptors (Lipinski definition) is 3. The van der Waals surface area contributed by atoms with Crippen LogP contribution in [0.5, 0.6) is 0 Å². The average Bonchev–Trinajstić information content (AvgIpc) is 2.86. The van der Waals surface area contributed by atoms with Crippen LogP contribution < -0.4 is 10.6 Å². The van der Waals surface area contributed by atoms with E-state index < -0.39 is 0 Å². The first kappa shape index (κ1) is 18.0. The largest absolute Gasteiger partial charge is 0.349 e. The van der Waals surface area contributed by atoms with Crippen LogP contribution in [0.2, 0.25) is 5.02 Å². The van der Waals surface area contributed by atoms with Crippen molar-refractivity contribution in [1.29, 1.82) is 0 Å². The molecule has 5 nitrogen and oxygen atoms in total. The van der Waals surface area contributed by atoms with Gasteiger partial charge in [0.15, 0.2) is 0 Å². The van der Waals surface area contributed by atoms with Crippen LogP contribution in [0, 0.1) is 19.8 Å². The number of amides is 1. The van der Waals surface area contributed by atoms with Gasteiger partial charge in [-0.15, -0.1) is 0 Å². The van der Waals surface area contributed by atoms with Gasteiger partial charge < -0.3 is 10.6 Å². The fraction of sp³-hybridized carbons (Fsp3) is 0.474. The molecule has 1 fully saturated rings. The van der Waals surface area contributed by atoms with Crippen LogP contribution in [0.15, 0.2) is 24.3 Å². The molecular weight excluding hydrogens is 336 g/mol. The summed E-state index contributed by atoms with van der Waals surface area (Å²) >= 11 is 6.25. The molecular formula is C19H25ClN4O. The number of rotatable bonds is 4. The Labute approximate surface area is 153 Å². The molecule has 2 N–H and O–H groups in total. The van der Waals surface area contributed by atoms with Gasteiger partial charge in [-0.25, -0.2) is 0 Å². The highest BCUT2D eigenvalue weighted by atomic mass is 35.5. The lowest BCUT2D eigenvalue weighted by Gasteiger charge is -2.30. The molecule has 6 heteroatoms. The zero-order valence-electron chi connectivity index (χ0n) is 15.0. The molecule has 1 aliphatic rings. The van der Waals surface area contributed by atoms with Crippen molar-refractivity contribution in [2.45, 2.75) is 39.8 Å². The zero-order valence-corrected chi connectivity index (χ0v) is 15.7. The Balaban J connectivity index is 1.79. The van der Waals surface area contributed by atoms with Gasteiger partial charge in [-0.3, -0.25) is 9.48 Å². The van der Waals surface area contributed by atoms with E-state index in [-0.39, 0.29) is 11.9 Å². The molecule has 1 amide bonds. The van der Waals surface area contributed by atoms with Gasteiger partial charge in [0, 0.05) is 16.8 Å². The standard InChI is InChI=1S/C19H25ClN4O/c1-12-10-21-9-8-17(12)22-19(25)18-13(2)23-24(14(18)3)11-15-6-4-5-7-16(15)20/h4-7,12,17,21H,8-11H2,1-3H3,(H,22,25). The van der Waals surface area contributed by atoms with Crippen molar-refractivity contribution < 1.29 is 4.79 Å². The summed E-state index contributed by atoms with van der Waals surface area (Å²) in [6.07, 6.45) is 0.957. The minimum Gasteiger partial charge on any atom is -0.349 e. The van der Waals surface area contributed by atoms with Crippen molar-refractivity contribution >= 4 is 17.5 Å². The molecule has 1 aromatic carbocycles. The third-order valence-corrected chi connectivity index (χ3v) is 5.36. The number of carbonyl (C=O) groups excluding carboxylic acids is 1. The number of halogens is 1. The molecule has 0 aliphatic carbocycles. The molecule has 3 rings (SSSR count). The fourth-order valence-corrected chi connectivity index (χ4v) is 3.63. The van der Waals surface area contributed by atoms with Crippen molar-refractivity contribution in [3.63, 3.8) is 0 Å². The fourth-order valence-electron chi connectivity index (χ4n) is 3.44. The van der Waals surface area contributed by atoms with Crippen molar-refractivity contribution in [3.05, 3.63) is 51.8 Å². The summed E-state index contributed by atoms with van der Waals surface area (Å²) in [6, 6.07) is 7.93. The van der Waals surface area contributed by atoms with E-state index in [2.05, 4.69) is 22.7 Å². The number of aromatic nitrogens is 2. The molecule has 1 aliphatic heterocycles. The predicted molar refractivity (Wildman–Crippen MR) is 100 cm³/mol. The highest BCUT2D eigenvalue weighted by molar-refractivity contribution is 6.31. The lowest BCUT2D eigenvalue weighted by atomic mass is 9.95. The second-order valence-corrected chi connectivity index (χ2v) is 7.25. The van der Waals surface area contributed by atoms with Crippen molar-refractivity contribution in [2.75, 3.05) is 13.1 Å². The first-order valence-electron chi connectivity index (χ1n) is 8.76. The summed E-state index contributed by atoms with van der Waals surface area (Å²) in [5.41, 5.74) is 3.30. The van der Waals surface area contributed by atoms with E-state index in [9.17, 15) is 4.79 Å². The quantitative estimate of drug-likeness (QED) is 0.881. The molecule has 1 aromatic heterocycles. The molecule has 25 heavy (non-hydrogen) atoms. The number of aryl methyl sites for hydroxylation is 1. The maximum Gasteiger partial charge on any atom is 0.255 e. The maximum atomic E-state index is 12.8. The summed E-state index contributed by atoms with van der Waals surface area (Å²) in [4.78, 5) is 12.8. The number of carbonyl (C=O) groups is 1. The van der Waals surface area contributed by atoms with Gasteiger partial charge in [-0.2, -0.15) is 5.10 Å². The van der Waals surface area contributed by atoms with Gasteiger partial charge in [0.2, 0.25) is 0 Å². The van der Waals surface area contributed by atoms with Crippen molar-refractivity contribution in [3.8, 4) is 0 Å². The highest BCUT2D eigenvalue weighted by Crippen LogP contribution is 2.20. The summed E-state index contributed by atoms with van der Waals surface area (Å²) in [7, 11) is 0. The first-order valence-corrected chi connectivity index (χ1v) is 9.14. The van der Waals surface area contributed by atoms with Crippen LogP contribution in [0.3, 0.4) is 0 Å². The molecule has 2 heterocycles. The summed E-state index contributed by atoms with van der Waals surface area (Å²) in [5, 5.41) is 11.8. The van der Waals surface area contributed by atoms with Crippen molar-refractivity contribution in [2.24, 2.45) is 5.92 Å². The van der Waals surface area contributed by atoms with Gasteiger partial charge >= 0.3 is 0 Å². The predicted octanol–water partition coefficient (Wildman–Crippen LogP) is 2.93. The average molecular weight is 361 g/mol. The Kier molecular flexibility index (Phi) is 5.45. The molecule has 2 aromatic rings. The maximum absolute atomic E-state index is 12.8. The van der Waals surface area contributed by atoms with E-state index in [1.807, 2.05) is 42.8 Å². The Morgan fingerprint density at radius 1 is 1.40 bits per heavy atom. The lowest BCUT2D eigenvalue weighted by Crippen LogP contribution is -2.48. The zero-order chi connectivity index (χ0) is 18.0. The molecule has 0 saturated carbocycles. The van der Waals surface area contributed by atoms with Gasteiger partial charge in [0.05, 0.1) is 17.8 Å². The number of benzene rings is 1. The Hall–Kier alpha value is -1.85. The van der Waals surface area contributed by atoms with Crippen LogP contribution in [-0.2, 0) is 6.54 Å². The summed E-state index contributed by atoms with van der Waals surface area (Å²) < 4.78 is 1.86. The van der Waals surface area contributed by atoms with E-state index >= 15 is 0 Å². The summed E-state index contributed by atoms with van der Waals surface area (Å²) in [6.45, 7) is 8.43. The van der Waals surface area contributed by atoms with E-state index in [1.54, 1.807) is 0 Å². The topological polar surface area (TPSA) is 59.0 Å². The van der Waals surface area contributed by atoms with Gasteiger partial charge in [0.25, 0.3) is 5.91 Å². The number of piperidine rings is 1. The van der Waals surface area contributed by atoms with Crippen LogP contribution in [0.25, 0.3) is 0 Å².